The van der Waals surface area contributed by atoms with Crippen molar-refractivity contribution in [2.24, 2.45) is 0 Å². The lowest BCUT2D eigenvalue weighted by atomic mass is 10.2. The van der Waals surface area contributed by atoms with E-state index >= 15 is 0 Å². The molecule has 2 amide bonds. The first-order valence-corrected chi connectivity index (χ1v) is 9.96. The molecule has 0 radical (unpaired) electrons. The van der Waals surface area contributed by atoms with E-state index in [1.165, 1.54) is 12.1 Å². The average Bonchev–Trinajstić information content (AvgIpc) is 2.75. The molecule has 0 saturated heterocycles. The van der Waals surface area contributed by atoms with Crippen molar-refractivity contribution < 1.29 is 28.7 Å². The molecular formula is C23H26N2O6. The second kappa shape index (κ2) is 12.1. The highest BCUT2D eigenvalue weighted by molar-refractivity contribution is 5.95. The second-order valence-corrected chi connectivity index (χ2v) is 6.84. The standard InChI is InChI=1S/C23H26N2O6/c1-3-13-30-23(29)17-7-9-18(10-8-17)24-21(27)15-31-22(28)12-11-20(26)25-19-6-4-5-16(2)14-19/h4-10,14H,3,11-13,15H2,1-2H3,(H,24,27)(H,25,26). The number of amides is 2. The molecule has 0 fully saturated rings. The number of anilines is 2. The van der Waals surface area contributed by atoms with E-state index in [1.54, 1.807) is 18.2 Å². The fourth-order valence-electron chi connectivity index (χ4n) is 2.54. The Bertz CT molecular complexity index is 924. The Morgan fingerprint density at radius 1 is 0.839 bits per heavy atom. The van der Waals surface area contributed by atoms with Gasteiger partial charge in [-0.15, -0.1) is 0 Å². The molecule has 31 heavy (non-hydrogen) atoms. The highest BCUT2D eigenvalue weighted by Crippen LogP contribution is 2.12. The van der Waals surface area contributed by atoms with Gasteiger partial charge in [-0.1, -0.05) is 19.1 Å². The molecule has 0 unspecified atom stereocenters. The summed E-state index contributed by atoms with van der Waals surface area (Å²) >= 11 is 0. The van der Waals surface area contributed by atoms with Crippen LogP contribution in [-0.4, -0.2) is 37.0 Å². The maximum Gasteiger partial charge on any atom is 0.338 e. The predicted octanol–water partition coefficient (Wildman–Crippen LogP) is 3.46. The number of carbonyl (C=O) groups is 4. The van der Waals surface area contributed by atoms with Crippen LogP contribution < -0.4 is 10.6 Å². The molecule has 2 rings (SSSR count). The molecule has 0 saturated carbocycles. The van der Waals surface area contributed by atoms with E-state index in [0.29, 0.717) is 23.5 Å². The first-order chi connectivity index (χ1) is 14.9. The zero-order valence-electron chi connectivity index (χ0n) is 17.6. The first kappa shape index (κ1) is 23.6. The summed E-state index contributed by atoms with van der Waals surface area (Å²) in [5, 5.41) is 5.26. The van der Waals surface area contributed by atoms with Gasteiger partial charge in [0.1, 0.15) is 0 Å². The van der Waals surface area contributed by atoms with Gasteiger partial charge in [0.05, 0.1) is 18.6 Å². The minimum atomic E-state index is -0.649. The summed E-state index contributed by atoms with van der Waals surface area (Å²) in [4.78, 5) is 47.4. The quantitative estimate of drug-likeness (QED) is 0.563. The Kier molecular flexibility index (Phi) is 9.22. The van der Waals surface area contributed by atoms with E-state index in [0.717, 1.165) is 12.0 Å². The van der Waals surface area contributed by atoms with Crippen LogP contribution in [0.2, 0.25) is 0 Å². The third-order valence-corrected chi connectivity index (χ3v) is 4.06. The normalized spacial score (nSPS) is 10.1. The third-order valence-electron chi connectivity index (χ3n) is 4.06. The van der Waals surface area contributed by atoms with E-state index in [1.807, 2.05) is 32.0 Å². The highest BCUT2D eigenvalue weighted by Gasteiger charge is 2.12. The molecule has 0 spiro atoms. The van der Waals surface area contributed by atoms with Crippen molar-refractivity contribution in [3.63, 3.8) is 0 Å². The highest BCUT2D eigenvalue weighted by atomic mass is 16.5. The monoisotopic (exact) mass is 426 g/mol. The Labute approximate surface area is 180 Å². The molecule has 0 heterocycles. The summed E-state index contributed by atoms with van der Waals surface area (Å²) in [7, 11) is 0. The minimum Gasteiger partial charge on any atom is -0.462 e. The van der Waals surface area contributed by atoms with Crippen molar-refractivity contribution >= 4 is 35.1 Å². The number of nitrogens with one attached hydrogen (secondary N) is 2. The lowest BCUT2D eigenvalue weighted by Gasteiger charge is -2.08. The van der Waals surface area contributed by atoms with Crippen LogP contribution in [0.5, 0.6) is 0 Å². The van der Waals surface area contributed by atoms with E-state index in [4.69, 9.17) is 9.47 Å². The molecule has 0 aromatic heterocycles. The van der Waals surface area contributed by atoms with Crippen LogP contribution in [0.25, 0.3) is 0 Å². The molecule has 0 aliphatic carbocycles. The van der Waals surface area contributed by atoms with Crippen molar-refractivity contribution in [1.29, 1.82) is 0 Å². The third kappa shape index (κ3) is 8.69. The number of hydrogen-bond acceptors (Lipinski definition) is 6. The van der Waals surface area contributed by atoms with Crippen LogP contribution in [0, 0.1) is 6.92 Å². The van der Waals surface area contributed by atoms with E-state index in [9.17, 15) is 19.2 Å². The number of aryl methyl sites for hydroxylation is 1. The lowest BCUT2D eigenvalue weighted by molar-refractivity contribution is -0.147. The molecule has 0 bridgehead atoms. The number of ether oxygens (including phenoxy) is 2. The smallest absolute Gasteiger partial charge is 0.338 e. The molecule has 2 aromatic carbocycles. The fraction of sp³-hybridized carbons (Fsp3) is 0.304. The van der Waals surface area contributed by atoms with Gasteiger partial charge in [-0.2, -0.15) is 0 Å². The molecule has 0 aliphatic heterocycles. The summed E-state index contributed by atoms with van der Waals surface area (Å²) in [5.41, 5.74) is 2.49. The Hall–Kier alpha value is -3.68. The van der Waals surface area contributed by atoms with Gasteiger partial charge in [0.15, 0.2) is 6.61 Å². The van der Waals surface area contributed by atoms with Crippen LogP contribution in [-0.2, 0) is 23.9 Å². The molecule has 0 aliphatic rings. The average molecular weight is 426 g/mol. The number of hydrogen-bond donors (Lipinski definition) is 2. The van der Waals surface area contributed by atoms with Crippen LogP contribution in [0.3, 0.4) is 0 Å². The first-order valence-electron chi connectivity index (χ1n) is 9.96. The number of rotatable bonds is 10. The largest absolute Gasteiger partial charge is 0.462 e. The van der Waals surface area contributed by atoms with Crippen LogP contribution in [0.1, 0.15) is 42.1 Å². The molecular weight excluding hydrogens is 400 g/mol. The van der Waals surface area contributed by atoms with Crippen LogP contribution in [0.15, 0.2) is 48.5 Å². The van der Waals surface area contributed by atoms with Crippen molar-refractivity contribution in [3.05, 3.63) is 59.7 Å². The van der Waals surface area contributed by atoms with Crippen molar-refractivity contribution in [1.82, 2.24) is 0 Å². The molecule has 8 heteroatoms. The van der Waals surface area contributed by atoms with Gasteiger partial charge in [-0.05, 0) is 55.3 Å². The van der Waals surface area contributed by atoms with E-state index < -0.39 is 24.5 Å². The minimum absolute atomic E-state index is 0.0516. The van der Waals surface area contributed by atoms with Gasteiger partial charge in [-0.3, -0.25) is 14.4 Å². The van der Waals surface area contributed by atoms with Gasteiger partial charge in [0, 0.05) is 17.8 Å². The maximum absolute atomic E-state index is 11.9. The molecule has 164 valence electrons. The summed E-state index contributed by atoms with van der Waals surface area (Å²) in [6.07, 6.45) is 0.541. The summed E-state index contributed by atoms with van der Waals surface area (Å²) in [5.74, 6) is -1.92. The molecule has 2 aromatic rings. The fourth-order valence-corrected chi connectivity index (χ4v) is 2.54. The van der Waals surface area contributed by atoms with Gasteiger partial charge >= 0.3 is 11.9 Å². The van der Waals surface area contributed by atoms with Crippen molar-refractivity contribution in [2.75, 3.05) is 23.8 Å². The number of benzene rings is 2. The second-order valence-electron chi connectivity index (χ2n) is 6.84. The lowest BCUT2D eigenvalue weighted by Crippen LogP contribution is -2.21. The van der Waals surface area contributed by atoms with Crippen LogP contribution >= 0.6 is 0 Å². The molecule has 8 nitrogen and oxygen atoms in total. The van der Waals surface area contributed by atoms with Gasteiger partial charge < -0.3 is 20.1 Å². The zero-order chi connectivity index (χ0) is 22.6. The summed E-state index contributed by atoms with van der Waals surface area (Å²) in [6.45, 7) is 3.68. The van der Waals surface area contributed by atoms with Crippen molar-refractivity contribution in [2.45, 2.75) is 33.1 Å². The Morgan fingerprint density at radius 3 is 2.23 bits per heavy atom. The van der Waals surface area contributed by atoms with Crippen LogP contribution in [0.4, 0.5) is 11.4 Å². The van der Waals surface area contributed by atoms with E-state index in [-0.39, 0.29) is 18.7 Å². The topological polar surface area (TPSA) is 111 Å². The molecule has 0 atom stereocenters. The van der Waals surface area contributed by atoms with Gasteiger partial charge in [-0.25, -0.2) is 4.79 Å². The summed E-state index contributed by atoms with van der Waals surface area (Å²) < 4.78 is 9.93. The Balaban J connectivity index is 1.69. The van der Waals surface area contributed by atoms with Gasteiger partial charge in [0.2, 0.25) is 5.91 Å². The number of esters is 2. The zero-order valence-corrected chi connectivity index (χ0v) is 17.6. The van der Waals surface area contributed by atoms with Gasteiger partial charge in [0.25, 0.3) is 5.91 Å². The molecule has 2 N–H and O–H groups in total. The van der Waals surface area contributed by atoms with Crippen molar-refractivity contribution in [3.8, 4) is 0 Å². The summed E-state index contributed by atoms with van der Waals surface area (Å²) in [6, 6.07) is 13.5. The SMILES string of the molecule is CCCOC(=O)c1ccc(NC(=O)COC(=O)CCC(=O)Nc2cccc(C)c2)cc1. The predicted molar refractivity (Wildman–Crippen MR) is 116 cm³/mol. The van der Waals surface area contributed by atoms with E-state index in [2.05, 4.69) is 10.6 Å². The Morgan fingerprint density at radius 2 is 1.55 bits per heavy atom. The maximum atomic E-state index is 11.9. The number of carbonyl (C=O) groups excluding carboxylic acids is 4.